The molecule has 0 aliphatic carbocycles. The fraction of sp³-hybridized carbons (Fsp3) is 0.565. The van der Waals surface area contributed by atoms with Crippen LogP contribution in [0, 0.1) is 18.8 Å². The highest BCUT2D eigenvalue weighted by Gasteiger charge is 2.29. The summed E-state index contributed by atoms with van der Waals surface area (Å²) in [6.07, 6.45) is 4.48. The minimum absolute atomic E-state index is 0.0159. The number of carbonyl (C=O) groups excluding carboxylic acids is 2. The average Bonchev–Trinajstić information content (AvgIpc) is 3.20. The normalized spacial score (nSPS) is 14.0. The predicted octanol–water partition coefficient (Wildman–Crippen LogP) is 5.20. The Morgan fingerprint density at radius 3 is 2.33 bits per heavy atom. The van der Waals surface area contributed by atoms with Crippen LogP contribution in [-0.4, -0.2) is 28.1 Å². The van der Waals surface area contributed by atoms with Gasteiger partial charge in [0.15, 0.2) is 0 Å². The van der Waals surface area contributed by atoms with Crippen LogP contribution in [0.4, 0.5) is 5.13 Å². The van der Waals surface area contributed by atoms with Crippen molar-refractivity contribution in [1.82, 2.24) is 15.5 Å². The van der Waals surface area contributed by atoms with Crippen LogP contribution in [0.5, 0.6) is 0 Å². The second-order valence-corrected chi connectivity index (χ2v) is 8.86. The molecule has 0 bridgehead atoms. The summed E-state index contributed by atoms with van der Waals surface area (Å²) >= 11 is 1.33. The van der Waals surface area contributed by atoms with Gasteiger partial charge in [0, 0.05) is 11.5 Å². The number of hydrogen-bond donors (Lipinski definition) is 2. The molecule has 0 fully saturated rings. The molecule has 0 spiro atoms. The van der Waals surface area contributed by atoms with Crippen LogP contribution in [-0.2, 0) is 9.59 Å². The highest BCUT2D eigenvalue weighted by molar-refractivity contribution is 7.18. The van der Waals surface area contributed by atoms with Crippen LogP contribution < -0.4 is 10.6 Å². The second kappa shape index (κ2) is 11.8. The van der Waals surface area contributed by atoms with Crippen molar-refractivity contribution < 1.29 is 9.59 Å². The Balaban J connectivity index is 2.08. The SMILES string of the molecule is CCCC[C@@H](CC)C(=O)N[C@H](C(=O)Nc1nnc(-c2ccc(C)cc2)s1)[C@@H](C)CC. The van der Waals surface area contributed by atoms with Crippen molar-refractivity contribution in [2.45, 2.75) is 72.8 Å². The van der Waals surface area contributed by atoms with E-state index in [9.17, 15) is 9.59 Å². The van der Waals surface area contributed by atoms with Gasteiger partial charge in [0.25, 0.3) is 0 Å². The van der Waals surface area contributed by atoms with Crippen molar-refractivity contribution in [1.29, 1.82) is 0 Å². The van der Waals surface area contributed by atoms with Crippen LogP contribution in [0.25, 0.3) is 10.6 Å². The van der Waals surface area contributed by atoms with E-state index in [-0.39, 0.29) is 23.7 Å². The topological polar surface area (TPSA) is 84.0 Å². The van der Waals surface area contributed by atoms with Crippen LogP contribution in [0.1, 0.15) is 65.4 Å². The van der Waals surface area contributed by atoms with E-state index in [0.717, 1.165) is 42.7 Å². The third-order valence-corrected chi connectivity index (χ3v) is 6.40. The molecule has 1 aromatic heterocycles. The lowest BCUT2D eigenvalue weighted by Crippen LogP contribution is -2.49. The van der Waals surface area contributed by atoms with Gasteiger partial charge in [0.05, 0.1) is 0 Å². The molecule has 1 aromatic carbocycles. The molecule has 1 heterocycles. The molecule has 0 saturated carbocycles. The Kier molecular flexibility index (Phi) is 9.43. The zero-order valence-corrected chi connectivity index (χ0v) is 19.5. The Hall–Kier alpha value is -2.28. The summed E-state index contributed by atoms with van der Waals surface area (Å²) in [6.45, 7) is 10.2. The van der Waals surface area contributed by atoms with Gasteiger partial charge in [-0.3, -0.25) is 14.9 Å². The minimum atomic E-state index is -0.593. The smallest absolute Gasteiger partial charge is 0.249 e. The molecule has 0 aliphatic rings. The Morgan fingerprint density at radius 2 is 1.73 bits per heavy atom. The monoisotopic (exact) mass is 430 g/mol. The number of anilines is 1. The highest BCUT2D eigenvalue weighted by atomic mass is 32.1. The summed E-state index contributed by atoms with van der Waals surface area (Å²) in [5.74, 6) is -0.320. The van der Waals surface area contributed by atoms with Crippen LogP contribution in [0.15, 0.2) is 24.3 Å². The third kappa shape index (κ3) is 6.62. The van der Waals surface area contributed by atoms with E-state index in [2.05, 4.69) is 27.8 Å². The van der Waals surface area contributed by atoms with Crippen LogP contribution >= 0.6 is 11.3 Å². The molecule has 2 aromatic rings. The quantitative estimate of drug-likeness (QED) is 0.513. The van der Waals surface area contributed by atoms with E-state index < -0.39 is 6.04 Å². The van der Waals surface area contributed by atoms with E-state index in [1.807, 2.05) is 52.0 Å². The first-order valence-corrected chi connectivity index (χ1v) is 11.7. The Morgan fingerprint density at radius 1 is 1.03 bits per heavy atom. The van der Waals surface area contributed by atoms with Gasteiger partial charge in [-0.15, -0.1) is 10.2 Å². The Labute approximate surface area is 183 Å². The molecule has 6 nitrogen and oxygen atoms in total. The van der Waals surface area contributed by atoms with Gasteiger partial charge in [0.1, 0.15) is 11.0 Å². The lowest BCUT2D eigenvalue weighted by molar-refractivity contribution is -0.130. The second-order valence-electron chi connectivity index (χ2n) is 7.89. The number of aromatic nitrogens is 2. The number of amides is 2. The number of rotatable bonds is 11. The average molecular weight is 431 g/mol. The van der Waals surface area contributed by atoms with Gasteiger partial charge in [0.2, 0.25) is 16.9 Å². The highest BCUT2D eigenvalue weighted by Crippen LogP contribution is 2.27. The van der Waals surface area contributed by atoms with Crippen molar-refractivity contribution in [2.75, 3.05) is 5.32 Å². The summed E-state index contributed by atoms with van der Waals surface area (Å²) < 4.78 is 0. The van der Waals surface area contributed by atoms with Crippen molar-refractivity contribution in [3.05, 3.63) is 29.8 Å². The molecular weight excluding hydrogens is 396 g/mol. The zero-order valence-electron chi connectivity index (χ0n) is 18.7. The first kappa shape index (κ1) is 24.0. The first-order chi connectivity index (χ1) is 14.4. The fourth-order valence-electron chi connectivity index (χ4n) is 3.21. The number of aryl methyl sites for hydroxylation is 1. The molecule has 0 saturated heterocycles. The van der Waals surface area contributed by atoms with Gasteiger partial charge in [-0.2, -0.15) is 0 Å². The number of unbranched alkanes of at least 4 members (excludes halogenated alkanes) is 1. The van der Waals surface area contributed by atoms with Gasteiger partial charge in [-0.1, -0.05) is 88.1 Å². The van der Waals surface area contributed by atoms with Gasteiger partial charge in [-0.05, 0) is 25.7 Å². The largest absolute Gasteiger partial charge is 0.344 e. The maximum absolute atomic E-state index is 13.0. The van der Waals surface area contributed by atoms with Gasteiger partial charge in [-0.25, -0.2) is 0 Å². The van der Waals surface area contributed by atoms with Gasteiger partial charge >= 0.3 is 0 Å². The molecule has 30 heavy (non-hydrogen) atoms. The number of hydrogen-bond acceptors (Lipinski definition) is 5. The van der Waals surface area contributed by atoms with E-state index >= 15 is 0 Å². The molecule has 164 valence electrons. The third-order valence-electron chi connectivity index (χ3n) is 5.52. The van der Waals surface area contributed by atoms with Crippen molar-refractivity contribution >= 4 is 28.3 Å². The summed E-state index contributed by atoms with van der Waals surface area (Å²) in [7, 11) is 0. The standard InChI is InChI=1S/C23H34N4O2S/c1-6-9-10-17(8-3)20(28)24-19(16(5)7-2)21(29)25-23-27-26-22(30-23)18-13-11-15(4)12-14-18/h11-14,16-17,19H,6-10H2,1-5H3,(H,24,28)(H,25,27,29)/t16-,17+,19-/m0/s1. The summed E-state index contributed by atoms with van der Waals surface area (Å²) in [5.41, 5.74) is 2.14. The minimum Gasteiger partial charge on any atom is -0.344 e. The summed E-state index contributed by atoms with van der Waals surface area (Å²) in [6, 6.07) is 7.43. The maximum atomic E-state index is 13.0. The molecule has 0 aliphatic heterocycles. The van der Waals surface area contributed by atoms with Gasteiger partial charge < -0.3 is 5.32 Å². The fourth-order valence-corrected chi connectivity index (χ4v) is 3.97. The number of nitrogens with zero attached hydrogens (tertiary/aromatic N) is 2. The first-order valence-electron chi connectivity index (χ1n) is 10.9. The van der Waals surface area contributed by atoms with Crippen LogP contribution in [0.2, 0.25) is 0 Å². The molecular formula is C23H34N4O2S. The van der Waals surface area contributed by atoms with Crippen molar-refractivity contribution in [2.24, 2.45) is 11.8 Å². The molecule has 0 unspecified atom stereocenters. The zero-order chi connectivity index (χ0) is 22.1. The van der Waals surface area contributed by atoms with E-state index in [1.54, 1.807) is 0 Å². The molecule has 3 atom stereocenters. The number of nitrogens with one attached hydrogen (secondary N) is 2. The van der Waals surface area contributed by atoms with E-state index in [4.69, 9.17) is 0 Å². The molecule has 7 heteroatoms. The number of carbonyl (C=O) groups is 2. The lowest BCUT2D eigenvalue weighted by atomic mass is 9.94. The van der Waals surface area contributed by atoms with Crippen LogP contribution in [0.3, 0.4) is 0 Å². The Bertz CT molecular complexity index is 819. The van der Waals surface area contributed by atoms with E-state index in [1.165, 1.54) is 16.9 Å². The lowest BCUT2D eigenvalue weighted by Gasteiger charge is -2.25. The molecule has 2 rings (SSSR count). The predicted molar refractivity (Wildman–Crippen MR) is 123 cm³/mol. The molecule has 2 amide bonds. The van der Waals surface area contributed by atoms with E-state index in [0.29, 0.717) is 5.13 Å². The summed E-state index contributed by atoms with van der Waals surface area (Å²) in [5, 5.41) is 15.4. The number of benzene rings is 1. The molecule has 0 radical (unpaired) electrons. The van der Waals surface area contributed by atoms with Crippen molar-refractivity contribution in [3.63, 3.8) is 0 Å². The summed E-state index contributed by atoms with van der Waals surface area (Å²) in [4.78, 5) is 25.7. The van der Waals surface area contributed by atoms with Crippen molar-refractivity contribution in [3.8, 4) is 10.6 Å². The maximum Gasteiger partial charge on any atom is 0.249 e. The molecule has 2 N–H and O–H groups in total.